The molecule has 2 rings (SSSR count). The minimum absolute atomic E-state index is 0.156. The summed E-state index contributed by atoms with van der Waals surface area (Å²) >= 11 is 0. The molecule has 0 heterocycles. The molecular formula is C17H20FNO2. The van der Waals surface area contributed by atoms with Gasteiger partial charge in [0, 0.05) is 5.56 Å². The molecule has 0 atom stereocenters. The number of nitrogens with two attached hydrogens (primary N) is 1. The summed E-state index contributed by atoms with van der Waals surface area (Å²) in [6.07, 6.45) is 0.734. The molecule has 0 aliphatic heterocycles. The summed E-state index contributed by atoms with van der Waals surface area (Å²) in [6, 6.07) is 10.9. The molecule has 0 fully saturated rings. The summed E-state index contributed by atoms with van der Waals surface area (Å²) in [7, 11) is 1.45. The summed E-state index contributed by atoms with van der Waals surface area (Å²) in [5, 5.41) is 0. The summed E-state index contributed by atoms with van der Waals surface area (Å²) in [5.74, 6) is 0.586. The van der Waals surface area contributed by atoms with Crippen LogP contribution in [0.3, 0.4) is 0 Å². The van der Waals surface area contributed by atoms with E-state index < -0.39 is 0 Å². The van der Waals surface area contributed by atoms with Gasteiger partial charge in [0.15, 0.2) is 11.6 Å². The van der Waals surface area contributed by atoms with E-state index in [1.165, 1.54) is 7.11 Å². The number of benzene rings is 2. The van der Waals surface area contributed by atoms with E-state index in [4.69, 9.17) is 15.2 Å². The lowest BCUT2D eigenvalue weighted by molar-refractivity contribution is 0.293. The van der Waals surface area contributed by atoms with E-state index in [9.17, 15) is 4.39 Å². The van der Waals surface area contributed by atoms with Gasteiger partial charge in [-0.1, -0.05) is 29.8 Å². The molecule has 0 bridgehead atoms. The first-order valence-electron chi connectivity index (χ1n) is 6.89. The Bertz CT molecular complexity index is 614. The van der Waals surface area contributed by atoms with Crippen molar-refractivity contribution >= 4 is 0 Å². The molecule has 2 N–H and O–H groups in total. The Morgan fingerprint density at radius 1 is 1.10 bits per heavy atom. The minimum Gasteiger partial charge on any atom is -0.494 e. The Morgan fingerprint density at radius 3 is 2.62 bits per heavy atom. The van der Waals surface area contributed by atoms with Crippen molar-refractivity contribution in [1.29, 1.82) is 0 Å². The minimum atomic E-state index is -0.382. The van der Waals surface area contributed by atoms with Gasteiger partial charge in [0.05, 0.1) is 7.11 Å². The van der Waals surface area contributed by atoms with Gasteiger partial charge in [-0.05, 0) is 37.6 Å². The standard InChI is InChI=1S/C17H20FNO2/c1-12-6-7-15(13(10-12)8-9-19)21-11-14-4-3-5-16(20-2)17(14)18/h3-7,10H,8-9,11,19H2,1-2H3. The molecule has 0 saturated heterocycles. The van der Waals surface area contributed by atoms with E-state index in [1.807, 2.05) is 25.1 Å². The van der Waals surface area contributed by atoms with Crippen LogP contribution >= 0.6 is 0 Å². The zero-order chi connectivity index (χ0) is 15.2. The Labute approximate surface area is 124 Å². The molecule has 2 aromatic carbocycles. The molecule has 112 valence electrons. The van der Waals surface area contributed by atoms with Crippen molar-refractivity contribution in [2.75, 3.05) is 13.7 Å². The quantitative estimate of drug-likeness (QED) is 0.888. The summed E-state index contributed by atoms with van der Waals surface area (Å²) in [4.78, 5) is 0. The van der Waals surface area contributed by atoms with E-state index in [-0.39, 0.29) is 18.2 Å². The van der Waals surface area contributed by atoms with Crippen LogP contribution in [-0.4, -0.2) is 13.7 Å². The Morgan fingerprint density at radius 2 is 1.90 bits per heavy atom. The number of halogens is 1. The van der Waals surface area contributed by atoms with Crippen molar-refractivity contribution in [3.05, 3.63) is 58.9 Å². The first-order valence-corrected chi connectivity index (χ1v) is 6.89. The SMILES string of the molecule is COc1cccc(COc2ccc(C)cc2CCN)c1F. The van der Waals surface area contributed by atoms with Crippen LogP contribution < -0.4 is 15.2 Å². The number of ether oxygens (including phenoxy) is 2. The van der Waals surface area contributed by atoms with Gasteiger partial charge in [0.25, 0.3) is 0 Å². The highest BCUT2D eigenvalue weighted by Crippen LogP contribution is 2.24. The highest BCUT2D eigenvalue weighted by molar-refractivity contribution is 5.38. The Balaban J connectivity index is 2.16. The van der Waals surface area contributed by atoms with Gasteiger partial charge in [-0.15, -0.1) is 0 Å². The summed E-state index contributed by atoms with van der Waals surface area (Å²) in [6.45, 7) is 2.72. The van der Waals surface area contributed by atoms with Gasteiger partial charge in [0.1, 0.15) is 12.4 Å². The third kappa shape index (κ3) is 3.73. The van der Waals surface area contributed by atoms with Gasteiger partial charge < -0.3 is 15.2 Å². The van der Waals surface area contributed by atoms with Crippen LogP contribution in [0.2, 0.25) is 0 Å². The molecule has 2 aromatic rings. The fourth-order valence-corrected chi connectivity index (χ4v) is 2.18. The van der Waals surface area contributed by atoms with Crippen molar-refractivity contribution in [1.82, 2.24) is 0 Å². The molecule has 0 radical (unpaired) electrons. The van der Waals surface area contributed by atoms with E-state index in [2.05, 4.69) is 0 Å². The second kappa shape index (κ2) is 7.09. The van der Waals surface area contributed by atoms with Crippen LogP contribution in [0.15, 0.2) is 36.4 Å². The Kier molecular flexibility index (Phi) is 5.17. The molecule has 4 heteroatoms. The van der Waals surface area contributed by atoms with Crippen LogP contribution in [0.4, 0.5) is 4.39 Å². The lowest BCUT2D eigenvalue weighted by Gasteiger charge is -2.13. The first kappa shape index (κ1) is 15.3. The average Bonchev–Trinajstić information content (AvgIpc) is 2.48. The van der Waals surface area contributed by atoms with Gasteiger partial charge in [-0.25, -0.2) is 4.39 Å². The lowest BCUT2D eigenvalue weighted by atomic mass is 10.1. The van der Waals surface area contributed by atoms with Crippen LogP contribution in [-0.2, 0) is 13.0 Å². The largest absolute Gasteiger partial charge is 0.494 e. The van der Waals surface area contributed by atoms with Crippen LogP contribution in [0.25, 0.3) is 0 Å². The van der Waals surface area contributed by atoms with Gasteiger partial charge in [-0.2, -0.15) is 0 Å². The highest BCUT2D eigenvalue weighted by atomic mass is 19.1. The number of rotatable bonds is 6. The zero-order valence-corrected chi connectivity index (χ0v) is 12.4. The van der Waals surface area contributed by atoms with E-state index >= 15 is 0 Å². The average molecular weight is 289 g/mol. The molecule has 0 aliphatic carbocycles. The number of hydrogen-bond acceptors (Lipinski definition) is 3. The van der Waals surface area contributed by atoms with Gasteiger partial charge >= 0.3 is 0 Å². The number of aryl methyl sites for hydroxylation is 1. The fraction of sp³-hybridized carbons (Fsp3) is 0.294. The molecule has 3 nitrogen and oxygen atoms in total. The molecule has 0 aromatic heterocycles. The fourth-order valence-electron chi connectivity index (χ4n) is 2.18. The lowest BCUT2D eigenvalue weighted by Crippen LogP contribution is -2.06. The smallest absolute Gasteiger partial charge is 0.171 e. The normalized spacial score (nSPS) is 10.5. The van der Waals surface area contributed by atoms with E-state index in [0.29, 0.717) is 12.1 Å². The molecule has 0 aliphatic rings. The Hall–Kier alpha value is -2.07. The van der Waals surface area contributed by atoms with Crippen LogP contribution in [0.1, 0.15) is 16.7 Å². The van der Waals surface area contributed by atoms with Crippen molar-refractivity contribution in [3.63, 3.8) is 0 Å². The maximum atomic E-state index is 14.1. The molecule has 0 spiro atoms. The predicted molar refractivity (Wildman–Crippen MR) is 81.2 cm³/mol. The second-order valence-electron chi connectivity index (χ2n) is 4.87. The molecule has 0 amide bonds. The highest BCUT2D eigenvalue weighted by Gasteiger charge is 2.10. The monoisotopic (exact) mass is 289 g/mol. The molecule has 21 heavy (non-hydrogen) atoms. The third-order valence-corrected chi connectivity index (χ3v) is 3.28. The van der Waals surface area contributed by atoms with Gasteiger partial charge in [0.2, 0.25) is 0 Å². The maximum Gasteiger partial charge on any atom is 0.171 e. The first-order chi connectivity index (χ1) is 10.2. The van der Waals surface area contributed by atoms with E-state index in [1.54, 1.807) is 18.2 Å². The van der Waals surface area contributed by atoms with Crippen molar-refractivity contribution in [3.8, 4) is 11.5 Å². The molecular weight excluding hydrogens is 269 g/mol. The molecule has 0 unspecified atom stereocenters. The third-order valence-electron chi connectivity index (χ3n) is 3.28. The van der Waals surface area contributed by atoms with Crippen LogP contribution in [0.5, 0.6) is 11.5 Å². The summed E-state index contributed by atoms with van der Waals surface area (Å²) < 4.78 is 24.8. The number of hydrogen-bond donors (Lipinski definition) is 1. The molecule has 0 saturated carbocycles. The van der Waals surface area contributed by atoms with Crippen molar-refractivity contribution < 1.29 is 13.9 Å². The second-order valence-corrected chi connectivity index (χ2v) is 4.87. The zero-order valence-electron chi connectivity index (χ0n) is 12.4. The topological polar surface area (TPSA) is 44.5 Å². The van der Waals surface area contributed by atoms with Crippen molar-refractivity contribution in [2.24, 2.45) is 5.73 Å². The number of methoxy groups -OCH3 is 1. The van der Waals surface area contributed by atoms with Gasteiger partial charge in [-0.3, -0.25) is 0 Å². The maximum absolute atomic E-state index is 14.1. The van der Waals surface area contributed by atoms with Crippen LogP contribution in [0, 0.1) is 12.7 Å². The van der Waals surface area contributed by atoms with Crippen molar-refractivity contribution in [2.45, 2.75) is 20.0 Å². The summed E-state index contributed by atoms with van der Waals surface area (Å²) in [5.41, 5.74) is 8.28. The van der Waals surface area contributed by atoms with E-state index in [0.717, 1.165) is 23.3 Å². The predicted octanol–water partition coefficient (Wildman–Crippen LogP) is 3.22.